The Kier molecular flexibility index (Phi) is 8.98. The molecule has 0 spiro atoms. The van der Waals surface area contributed by atoms with Gasteiger partial charge in [0.2, 0.25) is 15.9 Å². The largest absolute Gasteiger partial charge is 0.488 e. The lowest BCUT2D eigenvalue weighted by atomic mass is 10.0. The van der Waals surface area contributed by atoms with Crippen molar-refractivity contribution in [1.29, 1.82) is 0 Å². The fourth-order valence-electron chi connectivity index (χ4n) is 4.03. The van der Waals surface area contributed by atoms with Gasteiger partial charge in [-0.3, -0.25) is 9.52 Å². The van der Waals surface area contributed by atoms with Gasteiger partial charge in [-0.15, -0.1) is 0 Å². The first-order chi connectivity index (χ1) is 17.4. The third-order valence-corrected chi connectivity index (χ3v) is 6.72. The van der Waals surface area contributed by atoms with Crippen LogP contribution in [0.1, 0.15) is 19.4 Å². The van der Waals surface area contributed by atoms with E-state index < -0.39 is 34.0 Å². The van der Waals surface area contributed by atoms with Crippen LogP contribution >= 0.6 is 0 Å². The van der Waals surface area contributed by atoms with Gasteiger partial charge in [0.25, 0.3) is 0 Å². The van der Waals surface area contributed by atoms with Gasteiger partial charge < -0.3 is 25.0 Å². The second kappa shape index (κ2) is 11.8. The summed E-state index contributed by atoms with van der Waals surface area (Å²) in [5.41, 5.74) is 1.21. The molecule has 3 amide bonds. The maximum atomic E-state index is 13.2. The molecule has 0 radical (unpaired) electrons. The van der Waals surface area contributed by atoms with Gasteiger partial charge in [0.1, 0.15) is 17.7 Å². The highest BCUT2D eigenvalue weighted by atomic mass is 32.2. The van der Waals surface area contributed by atoms with Crippen LogP contribution in [0.3, 0.4) is 0 Å². The smallest absolute Gasteiger partial charge is 0.321 e. The Labute approximate surface area is 216 Å². The van der Waals surface area contributed by atoms with Crippen molar-refractivity contribution >= 4 is 33.3 Å². The lowest BCUT2D eigenvalue weighted by Gasteiger charge is -2.34. The third kappa shape index (κ3) is 7.80. The van der Waals surface area contributed by atoms with E-state index in [9.17, 15) is 27.5 Å². The first kappa shape index (κ1) is 28.2. The molecule has 1 heterocycles. The minimum Gasteiger partial charge on any atom is -0.488 e. The Bertz CT molecular complexity index is 1220. The van der Waals surface area contributed by atoms with Gasteiger partial charge in [0, 0.05) is 36.4 Å². The van der Waals surface area contributed by atoms with Crippen molar-refractivity contribution in [1.82, 2.24) is 9.80 Å². The molecule has 3 rings (SSSR count). The van der Waals surface area contributed by atoms with E-state index >= 15 is 0 Å². The van der Waals surface area contributed by atoms with Crippen molar-refractivity contribution < 1.29 is 32.2 Å². The van der Waals surface area contributed by atoms with E-state index in [0.717, 1.165) is 6.26 Å². The molecular weight excluding hydrogens is 503 g/mol. The number of ether oxygens (including phenoxy) is 1. The number of aliphatic hydroxyl groups is 1. The minimum absolute atomic E-state index is 0.0563. The first-order valence-corrected chi connectivity index (χ1v) is 13.7. The van der Waals surface area contributed by atoms with Crippen molar-refractivity contribution in [2.24, 2.45) is 5.92 Å². The third-order valence-electron chi connectivity index (χ3n) is 6.12. The molecule has 0 unspecified atom stereocenters. The number of sulfonamides is 1. The second-order valence-electron chi connectivity index (χ2n) is 9.40. The molecule has 3 atom stereocenters. The van der Waals surface area contributed by atoms with Crippen LogP contribution in [-0.4, -0.2) is 80.4 Å². The average molecular weight is 537 g/mol. The summed E-state index contributed by atoms with van der Waals surface area (Å²) in [7, 11) is -1.94. The highest BCUT2D eigenvalue weighted by Crippen LogP contribution is 2.29. The number of hydrogen-bond acceptors (Lipinski definition) is 6. The number of likely N-dealkylation sites (N-methyl/N-ethyl adjacent to an activating group) is 1. The molecule has 202 valence electrons. The highest BCUT2D eigenvalue weighted by molar-refractivity contribution is 7.92. The van der Waals surface area contributed by atoms with Crippen LogP contribution in [0.15, 0.2) is 42.5 Å². The number of carbonyl (C=O) groups excluding carboxylic acids is 2. The fourth-order valence-corrected chi connectivity index (χ4v) is 4.59. The van der Waals surface area contributed by atoms with Gasteiger partial charge in [0.05, 0.1) is 31.9 Å². The van der Waals surface area contributed by atoms with Gasteiger partial charge in [-0.2, -0.15) is 0 Å². The number of benzene rings is 2. The molecule has 0 bridgehead atoms. The Hall–Kier alpha value is -3.38. The zero-order chi connectivity index (χ0) is 27.3. The van der Waals surface area contributed by atoms with Crippen LogP contribution in [0.25, 0.3) is 0 Å². The standard InChI is InChI=1S/C25H33FN4O6S/c1-16-13-30(17(2)15-31)24(32)12-18-11-21(28-37(4,34)35)9-10-22(18)36-23(16)14-29(3)25(33)27-20-7-5-19(26)6-8-20/h5-11,16-17,23,28,31H,12-15H2,1-4H3,(H,27,33)/t16-,17-,23+/m0/s1. The lowest BCUT2D eigenvalue weighted by molar-refractivity contribution is -0.134. The number of amides is 3. The average Bonchev–Trinajstić information content (AvgIpc) is 2.87. The molecule has 1 aliphatic heterocycles. The number of halogens is 1. The minimum atomic E-state index is -3.53. The zero-order valence-electron chi connectivity index (χ0n) is 21.3. The van der Waals surface area contributed by atoms with E-state index in [1.54, 1.807) is 37.1 Å². The van der Waals surface area contributed by atoms with E-state index in [-0.39, 0.29) is 37.9 Å². The van der Waals surface area contributed by atoms with Gasteiger partial charge in [0.15, 0.2) is 0 Å². The summed E-state index contributed by atoms with van der Waals surface area (Å²) in [6.07, 6.45) is 0.431. The van der Waals surface area contributed by atoms with E-state index in [1.807, 2.05) is 6.92 Å². The molecule has 0 saturated carbocycles. The van der Waals surface area contributed by atoms with Gasteiger partial charge in [-0.1, -0.05) is 6.92 Å². The van der Waals surface area contributed by atoms with E-state index in [2.05, 4.69) is 10.0 Å². The number of carbonyl (C=O) groups is 2. The van der Waals surface area contributed by atoms with Crippen molar-refractivity contribution in [3.8, 4) is 5.75 Å². The zero-order valence-corrected chi connectivity index (χ0v) is 22.1. The summed E-state index contributed by atoms with van der Waals surface area (Å²) in [6.45, 7) is 3.84. The Morgan fingerprint density at radius 3 is 2.51 bits per heavy atom. The number of rotatable bonds is 7. The molecule has 2 aromatic carbocycles. The monoisotopic (exact) mass is 536 g/mol. The van der Waals surface area contributed by atoms with Crippen LogP contribution < -0.4 is 14.8 Å². The molecule has 12 heteroatoms. The summed E-state index contributed by atoms with van der Waals surface area (Å²) >= 11 is 0. The van der Waals surface area contributed by atoms with Gasteiger partial charge >= 0.3 is 6.03 Å². The van der Waals surface area contributed by atoms with Crippen molar-refractivity contribution in [2.75, 3.05) is 43.0 Å². The van der Waals surface area contributed by atoms with Crippen molar-refractivity contribution in [3.63, 3.8) is 0 Å². The van der Waals surface area contributed by atoms with Crippen LogP contribution in [0, 0.1) is 11.7 Å². The molecule has 1 aliphatic rings. The Balaban J connectivity index is 1.89. The number of fused-ring (bicyclic) bond motifs is 1. The molecule has 37 heavy (non-hydrogen) atoms. The maximum absolute atomic E-state index is 13.2. The molecule has 0 saturated heterocycles. The predicted molar refractivity (Wildman–Crippen MR) is 139 cm³/mol. The number of urea groups is 1. The van der Waals surface area contributed by atoms with E-state index in [4.69, 9.17) is 4.74 Å². The molecular formula is C25H33FN4O6S. The molecule has 0 aliphatic carbocycles. The first-order valence-electron chi connectivity index (χ1n) is 11.8. The SMILES string of the molecule is C[C@H]1CN([C@@H](C)CO)C(=O)Cc2cc(NS(C)(=O)=O)ccc2O[C@@H]1CN(C)C(=O)Nc1ccc(F)cc1. The van der Waals surface area contributed by atoms with Crippen LogP contribution in [0.5, 0.6) is 5.75 Å². The summed E-state index contributed by atoms with van der Waals surface area (Å²) in [5, 5.41) is 12.5. The predicted octanol–water partition coefficient (Wildman–Crippen LogP) is 2.51. The Morgan fingerprint density at radius 2 is 1.89 bits per heavy atom. The number of hydrogen-bond donors (Lipinski definition) is 3. The summed E-state index contributed by atoms with van der Waals surface area (Å²) in [6, 6.07) is 9.22. The number of nitrogens with zero attached hydrogens (tertiary/aromatic N) is 2. The van der Waals surface area contributed by atoms with E-state index in [1.165, 1.54) is 29.2 Å². The van der Waals surface area contributed by atoms with Crippen LogP contribution in [-0.2, 0) is 21.2 Å². The van der Waals surface area contributed by atoms with Gasteiger partial charge in [-0.25, -0.2) is 17.6 Å². The summed E-state index contributed by atoms with van der Waals surface area (Å²) < 4.78 is 45.3. The Morgan fingerprint density at radius 1 is 1.24 bits per heavy atom. The molecule has 10 nitrogen and oxygen atoms in total. The topological polar surface area (TPSA) is 128 Å². The number of aliphatic hydroxyl groups excluding tert-OH is 1. The van der Waals surface area contributed by atoms with Crippen molar-refractivity contribution in [3.05, 3.63) is 53.8 Å². The summed E-state index contributed by atoms with van der Waals surface area (Å²) in [5.74, 6) is -0.490. The quantitative estimate of drug-likeness (QED) is 0.499. The fraction of sp³-hybridized carbons (Fsp3) is 0.440. The molecule has 3 N–H and O–H groups in total. The van der Waals surface area contributed by atoms with Crippen molar-refractivity contribution in [2.45, 2.75) is 32.4 Å². The molecule has 0 aromatic heterocycles. The second-order valence-corrected chi connectivity index (χ2v) is 11.2. The van der Waals surface area contributed by atoms with Crippen LogP contribution in [0.2, 0.25) is 0 Å². The van der Waals surface area contributed by atoms with Crippen LogP contribution in [0.4, 0.5) is 20.6 Å². The normalized spacial score (nSPS) is 19.0. The van der Waals surface area contributed by atoms with E-state index in [0.29, 0.717) is 22.7 Å². The highest BCUT2D eigenvalue weighted by Gasteiger charge is 2.32. The maximum Gasteiger partial charge on any atom is 0.321 e. The van der Waals surface area contributed by atoms with Gasteiger partial charge in [-0.05, 0) is 49.4 Å². The lowest BCUT2D eigenvalue weighted by Crippen LogP contribution is -2.48. The number of anilines is 2. The molecule has 2 aromatic rings. The molecule has 0 fully saturated rings. The summed E-state index contributed by atoms with van der Waals surface area (Å²) in [4.78, 5) is 29.0. The number of nitrogens with one attached hydrogen (secondary N) is 2.